The molecule has 7 heteroatoms. The first kappa shape index (κ1) is 19.6. The number of unbranched alkanes of at least 4 members (excludes halogenated alkanes) is 3. The van der Waals surface area contributed by atoms with Gasteiger partial charge in [-0.2, -0.15) is 0 Å². The number of thiocarbonyl (C=S) groups is 1. The Kier molecular flexibility index (Phi) is 6.20. The molecule has 0 unspecified atom stereocenters. The van der Waals surface area contributed by atoms with Crippen molar-refractivity contribution in [3.63, 3.8) is 0 Å². The van der Waals surface area contributed by atoms with Crippen molar-refractivity contribution in [2.75, 3.05) is 18.0 Å². The molecule has 2 heterocycles. The van der Waals surface area contributed by atoms with Gasteiger partial charge >= 0.3 is 0 Å². The second kappa shape index (κ2) is 8.23. The summed E-state index contributed by atoms with van der Waals surface area (Å²) in [5.74, 6) is -0.254. The summed E-state index contributed by atoms with van der Waals surface area (Å²) in [6.45, 7) is 5.28. The summed E-state index contributed by atoms with van der Waals surface area (Å²) in [7, 11) is 0. The maximum Gasteiger partial charge on any atom is 0.267 e. The summed E-state index contributed by atoms with van der Waals surface area (Å²) in [4.78, 5) is 29.8. The van der Waals surface area contributed by atoms with Gasteiger partial charge < -0.3 is 4.90 Å². The van der Waals surface area contributed by atoms with E-state index in [0.717, 1.165) is 41.4 Å². The first-order chi connectivity index (χ1) is 12.5. The molecule has 0 spiro atoms. The Morgan fingerprint density at radius 3 is 2.54 bits per heavy atom. The highest BCUT2D eigenvalue weighted by Crippen LogP contribution is 2.45. The van der Waals surface area contributed by atoms with E-state index in [2.05, 4.69) is 22.9 Å². The molecule has 0 radical (unpaired) electrons. The van der Waals surface area contributed by atoms with Crippen molar-refractivity contribution in [1.82, 2.24) is 4.90 Å². The van der Waals surface area contributed by atoms with Gasteiger partial charge in [0.05, 0.1) is 16.2 Å². The van der Waals surface area contributed by atoms with Gasteiger partial charge in [0.2, 0.25) is 0 Å². The molecule has 2 amide bonds. The normalized spacial score (nSPS) is 19.7. The molecule has 1 fully saturated rings. The maximum absolute atomic E-state index is 13.0. The van der Waals surface area contributed by atoms with E-state index in [9.17, 15) is 9.59 Å². The Labute approximate surface area is 172 Å². The van der Waals surface area contributed by atoms with Gasteiger partial charge in [0, 0.05) is 23.1 Å². The highest BCUT2D eigenvalue weighted by Gasteiger charge is 2.41. The van der Waals surface area contributed by atoms with Crippen LogP contribution >= 0.6 is 39.9 Å². The highest BCUT2D eigenvalue weighted by atomic mass is 79.9. The van der Waals surface area contributed by atoms with Crippen LogP contribution in [0.5, 0.6) is 0 Å². The third-order valence-electron chi connectivity index (χ3n) is 4.61. The molecule has 2 aliphatic heterocycles. The van der Waals surface area contributed by atoms with E-state index in [1.807, 2.05) is 25.1 Å². The zero-order valence-electron chi connectivity index (χ0n) is 14.9. The van der Waals surface area contributed by atoms with E-state index >= 15 is 0 Å². The molecule has 0 N–H and O–H groups in total. The van der Waals surface area contributed by atoms with Crippen LogP contribution in [0.25, 0.3) is 5.57 Å². The van der Waals surface area contributed by atoms with Gasteiger partial charge in [0.1, 0.15) is 4.32 Å². The van der Waals surface area contributed by atoms with Gasteiger partial charge in [-0.05, 0) is 31.5 Å². The number of fused-ring (bicyclic) bond motifs is 1. The first-order valence-corrected chi connectivity index (χ1v) is 10.9. The summed E-state index contributed by atoms with van der Waals surface area (Å²) in [6, 6.07) is 5.74. The van der Waals surface area contributed by atoms with Crippen LogP contribution in [0.4, 0.5) is 5.69 Å². The number of amides is 2. The third-order valence-corrected chi connectivity index (χ3v) is 6.55. The van der Waals surface area contributed by atoms with Crippen LogP contribution in [0.1, 0.15) is 45.1 Å². The number of hydrogen-bond acceptors (Lipinski definition) is 4. The van der Waals surface area contributed by atoms with Gasteiger partial charge in [0.15, 0.2) is 0 Å². The van der Waals surface area contributed by atoms with Crippen LogP contribution in [0, 0.1) is 0 Å². The lowest BCUT2D eigenvalue weighted by Gasteiger charge is -2.14. The number of anilines is 1. The lowest BCUT2D eigenvalue weighted by molar-refractivity contribution is -0.122. The summed E-state index contributed by atoms with van der Waals surface area (Å²) >= 11 is 10.2. The van der Waals surface area contributed by atoms with Gasteiger partial charge in [0.25, 0.3) is 11.8 Å². The van der Waals surface area contributed by atoms with Crippen LogP contribution in [-0.2, 0) is 9.59 Å². The van der Waals surface area contributed by atoms with E-state index in [4.69, 9.17) is 12.2 Å². The van der Waals surface area contributed by atoms with E-state index in [0.29, 0.717) is 27.9 Å². The van der Waals surface area contributed by atoms with E-state index in [1.165, 1.54) is 11.8 Å². The van der Waals surface area contributed by atoms with Crippen molar-refractivity contribution in [3.05, 3.63) is 33.1 Å². The van der Waals surface area contributed by atoms with Gasteiger partial charge in [-0.15, -0.1) is 0 Å². The average molecular weight is 453 g/mol. The van der Waals surface area contributed by atoms with Crippen molar-refractivity contribution in [2.45, 2.75) is 39.5 Å². The van der Waals surface area contributed by atoms with Crippen LogP contribution in [-0.4, -0.2) is 34.1 Å². The molecule has 3 rings (SSSR count). The summed E-state index contributed by atoms with van der Waals surface area (Å²) in [5.41, 5.74) is 2.14. The Morgan fingerprint density at radius 2 is 1.85 bits per heavy atom. The number of nitrogens with zero attached hydrogens (tertiary/aromatic N) is 2. The van der Waals surface area contributed by atoms with E-state index in [1.54, 1.807) is 9.80 Å². The molecular weight excluding hydrogens is 432 g/mol. The Morgan fingerprint density at radius 1 is 1.08 bits per heavy atom. The third kappa shape index (κ3) is 3.49. The molecule has 138 valence electrons. The molecule has 0 bridgehead atoms. The molecule has 0 atom stereocenters. The number of carbonyl (C=O) groups excluding carboxylic acids is 2. The number of carbonyl (C=O) groups is 2. The maximum atomic E-state index is 13.0. The zero-order chi connectivity index (χ0) is 18.8. The Hall–Kier alpha value is -1.18. The van der Waals surface area contributed by atoms with Gasteiger partial charge in [-0.1, -0.05) is 66.1 Å². The lowest BCUT2D eigenvalue weighted by atomic mass is 10.1. The molecule has 26 heavy (non-hydrogen) atoms. The Bertz CT molecular complexity index is 807. The monoisotopic (exact) mass is 452 g/mol. The topological polar surface area (TPSA) is 40.6 Å². The predicted molar refractivity (Wildman–Crippen MR) is 115 cm³/mol. The van der Waals surface area contributed by atoms with Crippen molar-refractivity contribution in [3.8, 4) is 0 Å². The molecule has 2 aliphatic rings. The quantitative estimate of drug-likeness (QED) is 0.347. The molecule has 0 aliphatic carbocycles. The molecule has 1 aromatic rings. The van der Waals surface area contributed by atoms with Crippen molar-refractivity contribution >= 4 is 67.3 Å². The number of likely N-dealkylation sites (N-methyl/N-ethyl adjacent to an activating group) is 1. The molecule has 4 nitrogen and oxygen atoms in total. The number of hydrogen-bond donors (Lipinski definition) is 0. The van der Waals surface area contributed by atoms with Crippen molar-refractivity contribution in [2.24, 2.45) is 0 Å². The van der Waals surface area contributed by atoms with Crippen molar-refractivity contribution < 1.29 is 9.59 Å². The minimum atomic E-state index is -0.135. The first-order valence-electron chi connectivity index (χ1n) is 8.89. The van der Waals surface area contributed by atoms with E-state index < -0.39 is 0 Å². The molecule has 0 aromatic heterocycles. The average Bonchev–Trinajstić information content (AvgIpc) is 3.04. The summed E-state index contributed by atoms with van der Waals surface area (Å²) in [5, 5.41) is 0. The summed E-state index contributed by atoms with van der Waals surface area (Å²) in [6.07, 6.45) is 4.31. The fourth-order valence-corrected chi connectivity index (χ4v) is 5.02. The van der Waals surface area contributed by atoms with E-state index in [-0.39, 0.29) is 11.8 Å². The highest BCUT2D eigenvalue weighted by molar-refractivity contribution is 9.10. The largest absolute Gasteiger partial charge is 0.308 e. The molecule has 1 saturated heterocycles. The van der Waals surface area contributed by atoms with Gasteiger partial charge in [-0.3, -0.25) is 14.5 Å². The van der Waals surface area contributed by atoms with Crippen LogP contribution in [0.15, 0.2) is 27.6 Å². The standard InChI is InChI=1S/C19H21BrN2O2S2/c1-3-5-6-7-10-22-18(24)16(26-19(22)25)15-13-11-12(20)8-9-14(13)21(4-2)17(15)23/h8-9,11H,3-7,10H2,1-2H3/b16-15-. The second-order valence-electron chi connectivity index (χ2n) is 6.30. The van der Waals surface area contributed by atoms with Crippen LogP contribution in [0.2, 0.25) is 0 Å². The van der Waals surface area contributed by atoms with Crippen LogP contribution < -0.4 is 4.90 Å². The SMILES string of the molecule is CCCCCCN1C(=O)/C(=C2/C(=O)N(CC)c3ccc(Br)cc32)SC1=S. The minimum Gasteiger partial charge on any atom is -0.308 e. The molecule has 1 aromatic carbocycles. The number of thioether (sulfide) groups is 1. The van der Waals surface area contributed by atoms with Crippen molar-refractivity contribution in [1.29, 1.82) is 0 Å². The number of rotatable bonds is 6. The fourth-order valence-electron chi connectivity index (χ4n) is 3.28. The molecule has 0 saturated carbocycles. The smallest absolute Gasteiger partial charge is 0.267 e. The molecular formula is C19H21BrN2O2S2. The van der Waals surface area contributed by atoms with Gasteiger partial charge in [-0.25, -0.2) is 0 Å². The summed E-state index contributed by atoms with van der Waals surface area (Å²) < 4.78 is 1.43. The second-order valence-corrected chi connectivity index (χ2v) is 8.86. The Balaban J connectivity index is 1.95. The fraction of sp³-hybridized carbons (Fsp3) is 0.421. The predicted octanol–water partition coefficient (Wildman–Crippen LogP) is 4.97. The number of benzene rings is 1. The lowest BCUT2D eigenvalue weighted by Crippen LogP contribution is -2.30. The van der Waals surface area contributed by atoms with Crippen LogP contribution in [0.3, 0.4) is 0 Å². The number of halogens is 1. The zero-order valence-corrected chi connectivity index (χ0v) is 18.1. The minimum absolute atomic E-state index is 0.118.